The van der Waals surface area contributed by atoms with E-state index in [0.717, 1.165) is 48.2 Å². The number of nitrogens with zero attached hydrogens (tertiary/aromatic N) is 2. The number of amides is 2. The van der Waals surface area contributed by atoms with Gasteiger partial charge in [-0.25, -0.2) is 0 Å². The van der Waals surface area contributed by atoms with Gasteiger partial charge in [-0.05, 0) is 49.8 Å². The Kier molecular flexibility index (Phi) is 6.49. The van der Waals surface area contributed by atoms with Crippen LogP contribution in [0.15, 0.2) is 30.3 Å². The highest BCUT2D eigenvalue weighted by molar-refractivity contribution is 5.87. The summed E-state index contributed by atoms with van der Waals surface area (Å²) < 4.78 is 1.99. The second-order valence-corrected chi connectivity index (χ2v) is 7.85. The maximum Gasteiger partial charge on any atom is 0.243 e. The zero-order valence-electron chi connectivity index (χ0n) is 17.0. The highest BCUT2D eigenvalue weighted by Gasteiger charge is 2.31. The van der Waals surface area contributed by atoms with E-state index in [4.69, 9.17) is 0 Å². The van der Waals surface area contributed by atoms with Crippen LogP contribution in [0.2, 0.25) is 0 Å². The Labute approximate surface area is 166 Å². The van der Waals surface area contributed by atoms with Crippen molar-refractivity contribution in [2.24, 2.45) is 5.92 Å². The molecule has 1 atom stereocenters. The second kappa shape index (κ2) is 9.04. The van der Waals surface area contributed by atoms with Crippen LogP contribution < -0.4 is 10.6 Å². The van der Waals surface area contributed by atoms with Crippen molar-refractivity contribution in [2.75, 3.05) is 0 Å². The van der Waals surface area contributed by atoms with E-state index in [9.17, 15) is 9.59 Å². The third-order valence-electron chi connectivity index (χ3n) is 5.41. The molecule has 1 aliphatic rings. The summed E-state index contributed by atoms with van der Waals surface area (Å²) in [5.41, 5.74) is 4.33. The molecule has 0 aliphatic heterocycles. The number of benzene rings is 1. The zero-order valence-corrected chi connectivity index (χ0v) is 17.0. The molecule has 2 aromatic rings. The van der Waals surface area contributed by atoms with Crippen molar-refractivity contribution in [3.05, 3.63) is 52.8 Å². The fraction of sp³-hybridized carbons (Fsp3) is 0.500. The van der Waals surface area contributed by atoms with Gasteiger partial charge in [-0.2, -0.15) is 5.10 Å². The molecular weight excluding hydrogens is 352 g/mol. The Bertz CT molecular complexity index is 837. The third-order valence-corrected chi connectivity index (χ3v) is 5.41. The molecule has 150 valence electrons. The topological polar surface area (TPSA) is 76.0 Å². The SMILES string of the molecule is CC(=O)NC(C(=O)NCc1cccc(Cn2nc(C)cc2C)c1)C1CCCC1. The monoisotopic (exact) mass is 382 g/mol. The summed E-state index contributed by atoms with van der Waals surface area (Å²) in [6.07, 6.45) is 4.25. The highest BCUT2D eigenvalue weighted by atomic mass is 16.2. The van der Waals surface area contributed by atoms with Gasteiger partial charge in [-0.1, -0.05) is 37.1 Å². The smallest absolute Gasteiger partial charge is 0.243 e. The summed E-state index contributed by atoms with van der Waals surface area (Å²) in [5.74, 6) is -0.00811. The molecule has 1 unspecified atom stereocenters. The first-order valence-corrected chi connectivity index (χ1v) is 10.1. The first kappa shape index (κ1) is 20.1. The van der Waals surface area contributed by atoms with Crippen LogP contribution in [0.25, 0.3) is 0 Å². The largest absolute Gasteiger partial charge is 0.350 e. The van der Waals surface area contributed by atoms with E-state index in [2.05, 4.69) is 40.9 Å². The molecule has 1 aromatic heterocycles. The Morgan fingerprint density at radius 1 is 1.18 bits per heavy atom. The zero-order chi connectivity index (χ0) is 20.1. The molecule has 0 saturated heterocycles. The van der Waals surface area contributed by atoms with Crippen molar-refractivity contribution < 1.29 is 9.59 Å². The molecule has 28 heavy (non-hydrogen) atoms. The van der Waals surface area contributed by atoms with E-state index in [0.29, 0.717) is 13.1 Å². The molecule has 2 N–H and O–H groups in total. The van der Waals surface area contributed by atoms with Crippen LogP contribution in [-0.2, 0) is 22.7 Å². The van der Waals surface area contributed by atoms with Gasteiger partial charge in [-0.3, -0.25) is 14.3 Å². The normalized spacial score (nSPS) is 15.4. The Morgan fingerprint density at radius 3 is 2.54 bits per heavy atom. The van der Waals surface area contributed by atoms with Gasteiger partial charge < -0.3 is 10.6 Å². The lowest BCUT2D eigenvalue weighted by molar-refractivity contribution is -0.129. The molecule has 0 radical (unpaired) electrons. The van der Waals surface area contributed by atoms with Crippen LogP contribution in [-0.4, -0.2) is 27.6 Å². The van der Waals surface area contributed by atoms with E-state index in [1.54, 1.807) is 0 Å². The molecular formula is C22H30N4O2. The van der Waals surface area contributed by atoms with Crippen LogP contribution in [0.5, 0.6) is 0 Å². The predicted molar refractivity (Wildman–Crippen MR) is 109 cm³/mol. The van der Waals surface area contributed by atoms with Crippen LogP contribution in [0.4, 0.5) is 0 Å². The Balaban J connectivity index is 1.62. The number of nitrogens with one attached hydrogen (secondary N) is 2. The van der Waals surface area contributed by atoms with Crippen molar-refractivity contribution in [2.45, 2.75) is 65.6 Å². The minimum atomic E-state index is -0.433. The molecule has 1 heterocycles. The molecule has 2 amide bonds. The lowest BCUT2D eigenvalue weighted by atomic mass is 9.97. The van der Waals surface area contributed by atoms with Crippen LogP contribution >= 0.6 is 0 Å². The summed E-state index contributed by atoms with van der Waals surface area (Å²) in [6.45, 7) is 6.67. The molecule has 1 aliphatic carbocycles. The summed E-state index contributed by atoms with van der Waals surface area (Å²) >= 11 is 0. The first-order valence-electron chi connectivity index (χ1n) is 10.1. The molecule has 1 fully saturated rings. The average molecular weight is 383 g/mol. The minimum absolute atomic E-state index is 0.0916. The quantitative estimate of drug-likeness (QED) is 0.773. The molecule has 6 heteroatoms. The Hall–Kier alpha value is -2.63. The van der Waals surface area contributed by atoms with Gasteiger partial charge >= 0.3 is 0 Å². The maximum absolute atomic E-state index is 12.7. The van der Waals surface area contributed by atoms with Gasteiger partial charge in [0.25, 0.3) is 0 Å². The van der Waals surface area contributed by atoms with E-state index < -0.39 is 6.04 Å². The number of hydrogen-bond acceptors (Lipinski definition) is 3. The second-order valence-electron chi connectivity index (χ2n) is 7.85. The molecule has 6 nitrogen and oxygen atoms in total. The van der Waals surface area contributed by atoms with Gasteiger partial charge in [0.1, 0.15) is 6.04 Å². The molecule has 3 rings (SSSR count). The van der Waals surface area contributed by atoms with E-state index in [1.165, 1.54) is 6.92 Å². The van der Waals surface area contributed by atoms with Crippen molar-refractivity contribution in [1.29, 1.82) is 0 Å². The maximum atomic E-state index is 12.7. The number of carbonyl (C=O) groups excluding carboxylic acids is 2. The number of aromatic nitrogens is 2. The minimum Gasteiger partial charge on any atom is -0.350 e. The van der Waals surface area contributed by atoms with Crippen molar-refractivity contribution in [1.82, 2.24) is 20.4 Å². The third kappa shape index (κ3) is 5.21. The summed E-state index contributed by atoms with van der Waals surface area (Å²) in [7, 11) is 0. The number of hydrogen-bond donors (Lipinski definition) is 2. The number of rotatable bonds is 7. The Morgan fingerprint density at radius 2 is 1.89 bits per heavy atom. The van der Waals surface area contributed by atoms with E-state index >= 15 is 0 Å². The van der Waals surface area contributed by atoms with E-state index in [1.807, 2.05) is 23.7 Å². The lowest BCUT2D eigenvalue weighted by Crippen LogP contribution is -2.49. The van der Waals surface area contributed by atoms with Gasteiger partial charge in [0.05, 0.1) is 12.2 Å². The van der Waals surface area contributed by atoms with Crippen LogP contribution in [0.3, 0.4) is 0 Å². The van der Waals surface area contributed by atoms with Crippen LogP contribution in [0, 0.1) is 19.8 Å². The molecule has 1 aromatic carbocycles. The van der Waals surface area contributed by atoms with Gasteiger partial charge in [0.15, 0.2) is 0 Å². The van der Waals surface area contributed by atoms with Crippen molar-refractivity contribution in [3.63, 3.8) is 0 Å². The van der Waals surface area contributed by atoms with Crippen molar-refractivity contribution in [3.8, 4) is 0 Å². The molecule has 0 bridgehead atoms. The first-order chi connectivity index (χ1) is 13.4. The standard InChI is InChI=1S/C22H30N4O2/c1-15-11-16(2)26(25-15)14-19-8-6-7-18(12-19)13-23-22(28)21(24-17(3)27)20-9-4-5-10-20/h6-8,11-12,20-21H,4-5,9-10,13-14H2,1-3H3,(H,23,28)(H,24,27). The van der Waals surface area contributed by atoms with Gasteiger partial charge in [-0.15, -0.1) is 0 Å². The predicted octanol–water partition coefficient (Wildman–Crippen LogP) is 2.86. The fourth-order valence-electron chi connectivity index (χ4n) is 4.05. The number of aryl methyl sites for hydroxylation is 2. The highest BCUT2D eigenvalue weighted by Crippen LogP contribution is 2.28. The van der Waals surface area contributed by atoms with Crippen molar-refractivity contribution >= 4 is 11.8 Å². The van der Waals surface area contributed by atoms with E-state index in [-0.39, 0.29) is 17.7 Å². The lowest BCUT2D eigenvalue weighted by Gasteiger charge is -2.23. The van der Waals surface area contributed by atoms with Gasteiger partial charge in [0, 0.05) is 19.2 Å². The summed E-state index contributed by atoms with van der Waals surface area (Å²) in [6, 6.07) is 9.81. The average Bonchev–Trinajstić information content (AvgIpc) is 3.28. The molecule has 1 saturated carbocycles. The fourth-order valence-corrected chi connectivity index (χ4v) is 4.05. The van der Waals surface area contributed by atoms with Crippen LogP contribution in [0.1, 0.15) is 55.1 Å². The molecule has 0 spiro atoms. The van der Waals surface area contributed by atoms with Gasteiger partial charge in [0.2, 0.25) is 11.8 Å². The summed E-state index contributed by atoms with van der Waals surface area (Å²) in [4.78, 5) is 24.3. The number of carbonyl (C=O) groups is 2. The summed E-state index contributed by atoms with van der Waals surface area (Å²) in [5, 5.41) is 10.4.